The standard InChI is InChI=1S/C31H28N2O4/c32-29(35)27(21-28(34)37-22-23-13-5-1-6-14-23)33-30(36)31(24-15-7-2-8-16-24,25-17-9-3-10-18-25)26-19-11-4-12-20-26/h1-20,27H,21-22H2,(H2,32,35)(H,33,36)/t27-/m1/s1. The summed E-state index contributed by atoms with van der Waals surface area (Å²) < 4.78 is 5.33. The quantitative estimate of drug-likeness (QED) is 0.257. The first-order valence-corrected chi connectivity index (χ1v) is 12.0. The highest BCUT2D eigenvalue weighted by Gasteiger charge is 2.45. The molecule has 2 amide bonds. The lowest BCUT2D eigenvalue weighted by molar-refractivity contribution is -0.147. The smallest absolute Gasteiger partial charge is 0.308 e. The first-order chi connectivity index (χ1) is 18.0. The van der Waals surface area contributed by atoms with Crippen molar-refractivity contribution in [1.29, 1.82) is 0 Å². The van der Waals surface area contributed by atoms with Crippen LogP contribution in [0.1, 0.15) is 28.7 Å². The average Bonchev–Trinajstić information content (AvgIpc) is 2.94. The van der Waals surface area contributed by atoms with Crippen LogP contribution in [0.4, 0.5) is 0 Å². The van der Waals surface area contributed by atoms with Crippen LogP contribution in [-0.2, 0) is 31.1 Å². The van der Waals surface area contributed by atoms with E-state index in [4.69, 9.17) is 10.5 Å². The zero-order valence-electron chi connectivity index (χ0n) is 20.2. The van der Waals surface area contributed by atoms with Crippen LogP contribution in [0.5, 0.6) is 0 Å². The number of rotatable bonds is 10. The molecule has 0 saturated heterocycles. The second kappa shape index (κ2) is 11.8. The van der Waals surface area contributed by atoms with Gasteiger partial charge >= 0.3 is 5.97 Å². The molecule has 0 saturated carbocycles. The van der Waals surface area contributed by atoms with Crippen LogP contribution >= 0.6 is 0 Å². The maximum Gasteiger partial charge on any atom is 0.308 e. The van der Waals surface area contributed by atoms with Crippen LogP contribution in [0.3, 0.4) is 0 Å². The molecule has 0 fully saturated rings. The van der Waals surface area contributed by atoms with Crippen LogP contribution in [0.25, 0.3) is 0 Å². The molecule has 6 heteroatoms. The van der Waals surface area contributed by atoms with E-state index < -0.39 is 29.2 Å². The van der Waals surface area contributed by atoms with Gasteiger partial charge in [-0.2, -0.15) is 0 Å². The Morgan fingerprint density at radius 1 is 0.676 bits per heavy atom. The molecule has 3 N–H and O–H groups in total. The molecule has 4 aromatic carbocycles. The van der Waals surface area contributed by atoms with E-state index in [0.717, 1.165) is 5.56 Å². The summed E-state index contributed by atoms with van der Waals surface area (Å²) in [5.74, 6) is -1.94. The van der Waals surface area contributed by atoms with Crippen LogP contribution < -0.4 is 11.1 Å². The van der Waals surface area contributed by atoms with Gasteiger partial charge < -0.3 is 15.8 Å². The number of hydrogen-bond acceptors (Lipinski definition) is 4. The molecule has 37 heavy (non-hydrogen) atoms. The SMILES string of the molecule is NC(=O)[C@@H](CC(=O)OCc1ccccc1)NC(=O)C(c1ccccc1)(c1ccccc1)c1ccccc1. The summed E-state index contributed by atoms with van der Waals surface area (Å²) in [4.78, 5) is 39.2. The third kappa shape index (κ3) is 5.76. The van der Waals surface area contributed by atoms with Crippen LogP contribution in [-0.4, -0.2) is 23.8 Å². The maximum absolute atomic E-state index is 14.3. The number of carbonyl (C=O) groups is 3. The molecule has 0 radical (unpaired) electrons. The molecule has 186 valence electrons. The zero-order chi connectivity index (χ0) is 26.1. The molecular formula is C31H28N2O4. The van der Waals surface area contributed by atoms with Crippen molar-refractivity contribution in [3.05, 3.63) is 144 Å². The van der Waals surface area contributed by atoms with Gasteiger partial charge in [0.1, 0.15) is 18.1 Å². The summed E-state index contributed by atoms with van der Waals surface area (Å²) in [5.41, 5.74) is 7.27. The van der Waals surface area contributed by atoms with E-state index in [1.165, 1.54) is 0 Å². The van der Waals surface area contributed by atoms with Crippen LogP contribution in [0.15, 0.2) is 121 Å². The first-order valence-electron chi connectivity index (χ1n) is 12.0. The minimum absolute atomic E-state index is 0.0566. The summed E-state index contributed by atoms with van der Waals surface area (Å²) in [6.07, 6.45) is -0.387. The van der Waals surface area contributed by atoms with Gasteiger partial charge in [-0.25, -0.2) is 0 Å². The molecule has 4 aromatic rings. The third-order valence-corrected chi connectivity index (χ3v) is 6.22. The van der Waals surface area contributed by atoms with Crippen LogP contribution in [0.2, 0.25) is 0 Å². The van der Waals surface area contributed by atoms with Gasteiger partial charge in [-0.15, -0.1) is 0 Å². The molecule has 0 aliphatic heterocycles. The lowest BCUT2D eigenvalue weighted by Gasteiger charge is -2.35. The number of carbonyl (C=O) groups excluding carboxylic acids is 3. The molecular weight excluding hydrogens is 464 g/mol. The first kappa shape index (κ1) is 25.4. The maximum atomic E-state index is 14.3. The number of amides is 2. The van der Waals surface area contributed by atoms with Gasteiger partial charge in [-0.3, -0.25) is 14.4 Å². The molecule has 0 heterocycles. The fraction of sp³-hybridized carbons (Fsp3) is 0.129. The Labute approximate surface area is 216 Å². The highest BCUT2D eigenvalue weighted by atomic mass is 16.5. The van der Waals surface area contributed by atoms with Gasteiger partial charge in [0.15, 0.2) is 0 Å². The predicted molar refractivity (Wildman–Crippen MR) is 141 cm³/mol. The van der Waals surface area contributed by atoms with Crippen molar-refractivity contribution in [3.8, 4) is 0 Å². The number of nitrogens with one attached hydrogen (secondary N) is 1. The Balaban J connectivity index is 1.68. The largest absolute Gasteiger partial charge is 0.461 e. The summed E-state index contributed by atoms with van der Waals surface area (Å²) in [6.45, 7) is 0.0566. The second-order valence-electron chi connectivity index (χ2n) is 8.63. The van der Waals surface area contributed by atoms with Gasteiger partial charge in [0.2, 0.25) is 11.8 Å². The van der Waals surface area contributed by atoms with E-state index >= 15 is 0 Å². The lowest BCUT2D eigenvalue weighted by atomic mass is 9.68. The van der Waals surface area contributed by atoms with E-state index in [1.807, 2.05) is 121 Å². The highest BCUT2D eigenvalue weighted by Crippen LogP contribution is 2.39. The lowest BCUT2D eigenvalue weighted by Crippen LogP contribution is -2.54. The van der Waals surface area contributed by atoms with Gasteiger partial charge in [0.05, 0.1) is 6.42 Å². The zero-order valence-corrected chi connectivity index (χ0v) is 20.2. The Bertz CT molecular complexity index is 1230. The second-order valence-corrected chi connectivity index (χ2v) is 8.63. The van der Waals surface area contributed by atoms with Gasteiger partial charge in [0.25, 0.3) is 0 Å². The Morgan fingerprint density at radius 2 is 1.08 bits per heavy atom. The van der Waals surface area contributed by atoms with Crippen molar-refractivity contribution in [2.75, 3.05) is 0 Å². The van der Waals surface area contributed by atoms with Gasteiger partial charge in [0, 0.05) is 0 Å². The number of esters is 1. The predicted octanol–water partition coefficient (Wildman–Crippen LogP) is 4.12. The Kier molecular flexibility index (Phi) is 8.11. The van der Waals surface area contributed by atoms with E-state index in [-0.39, 0.29) is 13.0 Å². The summed E-state index contributed by atoms with van der Waals surface area (Å²) in [5, 5.41) is 2.77. The van der Waals surface area contributed by atoms with Crippen molar-refractivity contribution in [2.45, 2.75) is 24.5 Å². The molecule has 0 bridgehead atoms. The molecule has 0 aliphatic rings. The van der Waals surface area contributed by atoms with E-state index in [1.54, 1.807) is 0 Å². The summed E-state index contributed by atoms with van der Waals surface area (Å²) >= 11 is 0. The van der Waals surface area contributed by atoms with Crippen LogP contribution in [0, 0.1) is 0 Å². The minimum atomic E-state index is -1.30. The molecule has 1 atom stereocenters. The minimum Gasteiger partial charge on any atom is -0.461 e. The van der Waals surface area contributed by atoms with Crippen molar-refractivity contribution in [1.82, 2.24) is 5.32 Å². The summed E-state index contributed by atoms with van der Waals surface area (Å²) in [6, 6.07) is 35.9. The number of benzene rings is 4. The van der Waals surface area contributed by atoms with Crippen molar-refractivity contribution in [3.63, 3.8) is 0 Å². The molecule has 0 unspecified atom stereocenters. The number of primary amides is 1. The topological polar surface area (TPSA) is 98.5 Å². The number of ether oxygens (including phenoxy) is 1. The Morgan fingerprint density at radius 3 is 1.49 bits per heavy atom. The van der Waals surface area contributed by atoms with Crippen molar-refractivity contribution >= 4 is 17.8 Å². The fourth-order valence-corrected chi connectivity index (χ4v) is 4.41. The van der Waals surface area contributed by atoms with E-state index in [9.17, 15) is 14.4 Å². The van der Waals surface area contributed by atoms with Crippen molar-refractivity contribution in [2.24, 2.45) is 5.73 Å². The van der Waals surface area contributed by atoms with E-state index in [0.29, 0.717) is 16.7 Å². The number of nitrogens with two attached hydrogens (primary N) is 1. The summed E-state index contributed by atoms with van der Waals surface area (Å²) in [7, 11) is 0. The molecule has 4 rings (SSSR count). The molecule has 0 spiro atoms. The van der Waals surface area contributed by atoms with Gasteiger partial charge in [-0.1, -0.05) is 121 Å². The molecule has 0 aliphatic carbocycles. The third-order valence-electron chi connectivity index (χ3n) is 6.22. The fourth-order valence-electron chi connectivity index (χ4n) is 4.41. The molecule has 6 nitrogen and oxygen atoms in total. The number of hydrogen-bond donors (Lipinski definition) is 2. The normalized spacial score (nSPS) is 11.8. The monoisotopic (exact) mass is 492 g/mol. The van der Waals surface area contributed by atoms with Crippen molar-refractivity contribution < 1.29 is 19.1 Å². The highest BCUT2D eigenvalue weighted by molar-refractivity contribution is 5.99. The Hall–Kier alpha value is -4.71. The average molecular weight is 493 g/mol. The van der Waals surface area contributed by atoms with E-state index in [2.05, 4.69) is 5.32 Å². The molecule has 0 aromatic heterocycles. The van der Waals surface area contributed by atoms with Gasteiger partial charge in [-0.05, 0) is 22.3 Å².